The smallest absolute Gasteiger partial charge is 0.325 e. The van der Waals surface area contributed by atoms with Crippen LogP contribution < -0.4 is 4.74 Å². The van der Waals surface area contributed by atoms with Crippen LogP contribution in [0.25, 0.3) is 0 Å². The fourth-order valence-electron chi connectivity index (χ4n) is 2.04. The van der Waals surface area contributed by atoms with Crippen molar-refractivity contribution >= 4 is 30.8 Å². The molecule has 0 saturated heterocycles. The predicted octanol–water partition coefficient (Wildman–Crippen LogP) is 2.88. The van der Waals surface area contributed by atoms with Gasteiger partial charge in [0.25, 0.3) is 6.47 Å². The molecule has 0 saturated carbocycles. The molecule has 8 nitrogen and oxygen atoms in total. The van der Waals surface area contributed by atoms with Gasteiger partial charge in [0.05, 0.1) is 12.4 Å². The van der Waals surface area contributed by atoms with E-state index in [1.54, 1.807) is 24.3 Å². The van der Waals surface area contributed by atoms with Crippen LogP contribution >= 0.6 is 0 Å². The van der Waals surface area contributed by atoms with Gasteiger partial charge in [-0.25, -0.2) is 4.39 Å². The first-order chi connectivity index (χ1) is 14.4. The third-order valence-electron chi connectivity index (χ3n) is 3.69. The minimum Gasteiger partial charge on any atom is -0.428 e. The van der Waals surface area contributed by atoms with Gasteiger partial charge in [0.15, 0.2) is 5.92 Å². The second-order valence-electron chi connectivity index (χ2n) is 5.99. The Hall–Kier alpha value is -3.88. The lowest BCUT2D eigenvalue weighted by Gasteiger charge is -2.14. The summed E-state index contributed by atoms with van der Waals surface area (Å²) in [5.74, 6) is -3.00. The number of hydrogen-bond acceptors (Lipinski definition) is 8. The topological polar surface area (TPSA) is 104 Å². The van der Waals surface area contributed by atoms with Crippen molar-refractivity contribution in [2.45, 2.75) is 20.1 Å². The molecular weight excluding hydrogens is 395 g/mol. The van der Waals surface area contributed by atoms with Crippen molar-refractivity contribution in [1.29, 1.82) is 0 Å². The number of ether oxygens (including phenoxy) is 3. The van der Waals surface area contributed by atoms with E-state index in [4.69, 9.17) is 9.47 Å². The van der Waals surface area contributed by atoms with Gasteiger partial charge in [-0.1, -0.05) is 12.1 Å². The molecule has 2 aromatic rings. The lowest BCUT2D eigenvalue weighted by atomic mass is 10.2. The quantitative estimate of drug-likeness (QED) is 0.119. The maximum absolute atomic E-state index is 12.8. The van der Waals surface area contributed by atoms with Crippen molar-refractivity contribution in [3.63, 3.8) is 0 Å². The molecule has 0 aliphatic rings. The molecule has 0 heterocycles. The minimum absolute atomic E-state index is 0.139. The Kier molecular flexibility index (Phi) is 8.37. The standard InChI is InChI=1S/C21H19FN2O6/c1-14(20(26)29-15(2)28-13-25)21(27)30-19-9-5-17(6-10-19)12-24-23-11-16-3-7-18(22)8-4-16/h3-15H,1-2H3/b23-11+,24-12+. The highest BCUT2D eigenvalue weighted by Gasteiger charge is 2.27. The number of rotatable bonds is 9. The summed E-state index contributed by atoms with van der Waals surface area (Å²) < 4.78 is 27.2. The van der Waals surface area contributed by atoms with Crippen LogP contribution in [0.5, 0.6) is 5.75 Å². The highest BCUT2D eigenvalue weighted by atomic mass is 19.1. The molecule has 2 atom stereocenters. The van der Waals surface area contributed by atoms with E-state index in [9.17, 15) is 18.8 Å². The van der Waals surface area contributed by atoms with Crippen LogP contribution in [0.3, 0.4) is 0 Å². The molecule has 0 aliphatic heterocycles. The van der Waals surface area contributed by atoms with Gasteiger partial charge >= 0.3 is 11.9 Å². The second kappa shape index (κ2) is 11.2. The normalized spacial score (nSPS) is 13.0. The Balaban J connectivity index is 1.87. The van der Waals surface area contributed by atoms with E-state index in [0.29, 0.717) is 11.1 Å². The van der Waals surface area contributed by atoms with E-state index in [0.717, 1.165) is 0 Å². The Morgan fingerprint density at radius 2 is 1.43 bits per heavy atom. The molecule has 0 radical (unpaired) electrons. The van der Waals surface area contributed by atoms with Crippen molar-refractivity contribution in [3.05, 3.63) is 65.5 Å². The minimum atomic E-state index is -1.20. The molecule has 0 aromatic heterocycles. The van der Waals surface area contributed by atoms with Crippen molar-refractivity contribution in [2.24, 2.45) is 16.1 Å². The van der Waals surface area contributed by atoms with Gasteiger partial charge in [0.1, 0.15) is 11.6 Å². The summed E-state index contributed by atoms with van der Waals surface area (Å²) in [5, 5.41) is 7.76. The van der Waals surface area contributed by atoms with Gasteiger partial charge in [0, 0.05) is 6.92 Å². The summed E-state index contributed by atoms with van der Waals surface area (Å²) >= 11 is 0. The monoisotopic (exact) mass is 414 g/mol. The first-order valence-electron chi connectivity index (χ1n) is 8.82. The lowest BCUT2D eigenvalue weighted by Crippen LogP contribution is -2.30. The maximum Gasteiger partial charge on any atom is 0.325 e. The zero-order valence-corrected chi connectivity index (χ0v) is 16.2. The van der Waals surface area contributed by atoms with Crippen LogP contribution in [0.1, 0.15) is 25.0 Å². The van der Waals surface area contributed by atoms with Gasteiger partial charge in [-0.2, -0.15) is 10.2 Å². The molecule has 9 heteroatoms. The van der Waals surface area contributed by atoms with Gasteiger partial charge in [-0.05, 0) is 54.4 Å². The summed E-state index contributed by atoms with van der Waals surface area (Å²) in [6, 6.07) is 12.1. The summed E-state index contributed by atoms with van der Waals surface area (Å²) in [4.78, 5) is 34.0. The molecule has 2 rings (SSSR count). The molecule has 0 aliphatic carbocycles. The average molecular weight is 414 g/mol. The number of benzene rings is 2. The molecule has 30 heavy (non-hydrogen) atoms. The Labute approximate surface area is 172 Å². The van der Waals surface area contributed by atoms with Gasteiger partial charge in [-0.3, -0.25) is 14.4 Å². The van der Waals surface area contributed by atoms with E-state index >= 15 is 0 Å². The van der Waals surface area contributed by atoms with E-state index in [2.05, 4.69) is 14.9 Å². The fraction of sp³-hybridized carbons (Fsp3) is 0.190. The van der Waals surface area contributed by atoms with Crippen molar-refractivity contribution in [1.82, 2.24) is 0 Å². The Morgan fingerprint density at radius 1 is 0.900 bits per heavy atom. The zero-order chi connectivity index (χ0) is 21.9. The van der Waals surface area contributed by atoms with E-state index in [-0.39, 0.29) is 18.0 Å². The number of esters is 2. The number of carbonyl (C=O) groups is 3. The molecular formula is C21H19FN2O6. The summed E-state index contributed by atoms with van der Waals surface area (Å²) in [7, 11) is 0. The fourth-order valence-corrected chi connectivity index (χ4v) is 2.04. The number of hydrogen-bond donors (Lipinski definition) is 0. The van der Waals surface area contributed by atoms with Crippen molar-refractivity contribution in [3.8, 4) is 5.75 Å². The van der Waals surface area contributed by atoms with Crippen LogP contribution in [0.4, 0.5) is 4.39 Å². The average Bonchev–Trinajstić information content (AvgIpc) is 2.73. The Morgan fingerprint density at radius 3 is 1.97 bits per heavy atom. The van der Waals surface area contributed by atoms with E-state index in [1.165, 1.54) is 50.5 Å². The SMILES string of the molecule is CC(OC=O)OC(=O)C(C)C(=O)Oc1ccc(/C=N/N=C/c2ccc(F)cc2)cc1. The summed E-state index contributed by atoms with van der Waals surface area (Å²) in [6.07, 6.45) is 1.86. The zero-order valence-electron chi connectivity index (χ0n) is 16.2. The lowest BCUT2D eigenvalue weighted by molar-refractivity contribution is -0.181. The predicted molar refractivity (Wildman–Crippen MR) is 106 cm³/mol. The number of halogens is 1. The molecule has 0 spiro atoms. The van der Waals surface area contributed by atoms with E-state index in [1.807, 2.05) is 0 Å². The first-order valence-corrected chi connectivity index (χ1v) is 8.82. The maximum atomic E-state index is 12.8. The van der Waals surface area contributed by atoms with E-state index < -0.39 is 24.1 Å². The molecule has 0 N–H and O–H groups in total. The van der Waals surface area contributed by atoms with Crippen LogP contribution in [-0.4, -0.2) is 37.1 Å². The van der Waals surface area contributed by atoms with Crippen molar-refractivity contribution < 1.29 is 33.0 Å². The van der Waals surface area contributed by atoms with Crippen molar-refractivity contribution in [2.75, 3.05) is 0 Å². The van der Waals surface area contributed by atoms with Gasteiger partial charge in [-0.15, -0.1) is 0 Å². The summed E-state index contributed by atoms with van der Waals surface area (Å²) in [5.41, 5.74) is 1.40. The highest BCUT2D eigenvalue weighted by molar-refractivity contribution is 5.95. The van der Waals surface area contributed by atoms with Crippen LogP contribution in [-0.2, 0) is 23.9 Å². The molecule has 0 bridgehead atoms. The van der Waals surface area contributed by atoms with Crippen LogP contribution in [0.15, 0.2) is 58.7 Å². The van der Waals surface area contributed by atoms with Crippen LogP contribution in [0, 0.1) is 11.7 Å². The molecule has 156 valence electrons. The molecule has 2 aromatic carbocycles. The number of carbonyl (C=O) groups excluding carboxylic acids is 3. The van der Waals surface area contributed by atoms with Crippen LogP contribution in [0.2, 0.25) is 0 Å². The molecule has 0 amide bonds. The van der Waals surface area contributed by atoms with Gasteiger partial charge in [0.2, 0.25) is 6.29 Å². The molecule has 2 unspecified atom stereocenters. The summed E-state index contributed by atoms with van der Waals surface area (Å²) in [6.45, 7) is 2.80. The first kappa shape index (κ1) is 22.4. The third-order valence-corrected chi connectivity index (χ3v) is 3.69. The second-order valence-corrected chi connectivity index (χ2v) is 5.99. The van der Waals surface area contributed by atoms with Gasteiger partial charge < -0.3 is 14.2 Å². The Bertz CT molecular complexity index is 926. The molecule has 0 fully saturated rings. The third kappa shape index (κ3) is 7.27. The number of nitrogens with zero attached hydrogens (tertiary/aromatic N) is 2. The highest BCUT2D eigenvalue weighted by Crippen LogP contribution is 2.14. The largest absolute Gasteiger partial charge is 0.428 e.